The zero-order chi connectivity index (χ0) is 14.0. The number of thiophene rings is 1. The molecule has 0 aliphatic rings. The molecule has 102 valence electrons. The minimum absolute atomic E-state index is 0.210. The Labute approximate surface area is 110 Å². The standard InChI is InChI=1S/C12H10F3NO2S/c13-7-2-1-3-9-6(7)4-10(19-9)12(18)16-5-8(17)11(14)15/h1-4,8,11,17H,5H2,(H,16,18). The Kier molecular flexibility index (Phi) is 4.06. The number of aliphatic hydroxyl groups excluding tert-OH is 1. The summed E-state index contributed by atoms with van der Waals surface area (Å²) in [6, 6.07) is 5.82. The van der Waals surface area contributed by atoms with Crippen LogP contribution in [0.2, 0.25) is 0 Å². The van der Waals surface area contributed by atoms with Gasteiger partial charge in [-0.25, -0.2) is 13.2 Å². The first-order valence-corrected chi connectivity index (χ1v) is 6.23. The van der Waals surface area contributed by atoms with Gasteiger partial charge in [0.15, 0.2) is 0 Å². The summed E-state index contributed by atoms with van der Waals surface area (Å²) >= 11 is 1.06. The predicted octanol–water partition coefficient (Wildman–Crippen LogP) is 2.40. The first-order valence-electron chi connectivity index (χ1n) is 5.41. The van der Waals surface area contributed by atoms with Crippen molar-refractivity contribution in [1.29, 1.82) is 0 Å². The van der Waals surface area contributed by atoms with Gasteiger partial charge < -0.3 is 10.4 Å². The first-order chi connectivity index (χ1) is 8.99. The zero-order valence-electron chi connectivity index (χ0n) is 9.57. The van der Waals surface area contributed by atoms with E-state index in [-0.39, 0.29) is 4.88 Å². The maximum atomic E-state index is 13.4. The van der Waals surface area contributed by atoms with E-state index < -0.39 is 30.8 Å². The lowest BCUT2D eigenvalue weighted by molar-refractivity contribution is -0.00268. The molecule has 19 heavy (non-hydrogen) atoms. The van der Waals surface area contributed by atoms with Crippen LogP contribution in [0.5, 0.6) is 0 Å². The molecule has 2 N–H and O–H groups in total. The highest BCUT2D eigenvalue weighted by Gasteiger charge is 2.19. The molecule has 1 heterocycles. The van der Waals surface area contributed by atoms with E-state index in [1.807, 2.05) is 0 Å². The van der Waals surface area contributed by atoms with Gasteiger partial charge >= 0.3 is 0 Å². The van der Waals surface area contributed by atoms with E-state index in [1.54, 1.807) is 6.07 Å². The number of amides is 1. The van der Waals surface area contributed by atoms with Gasteiger partial charge in [-0.2, -0.15) is 0 Å². The van der Waals surface area contributed by atoms with Crippen LogP contribution in [0.15, 0.2) is 24.3 Å². The molecular weight excluding hydrogens is 279 g/mol. The summed E-state index contributed by atoms with van der Waals surface area (Å²) in [6.45, 7) is -0.548. The second kappa shape index (κ2) is 5.58. The van der Waals surface area contributed by atoms with Crippen molar-refractivity contribution in [3.8, 4) is 0 Å². The lowest BCUT2D eigenvalue weighted by atomic mass is 10.2. The Morgan fingerprint density at radius 3 is 2.79 bits per heavy atom. The van der Waals surface area contributed by atoms with Gasteiger partial charge in [-0.1, -0.05) is 6.07 Å². The average Bonchev–Trinajstić information content (AvgIpc) is 2.80. The van der Waals surface area contributed by atoms with E-state index in [1.165, 1.54) is 18.2 Å². The third-order valence-corrected chi connectivity index (χ3v) is 3.59. The van der Waals surface area contributed by atoms with Crippen molar-refractivity contribution >= 4 is 27.3 Å². The van der Waals surface area contributed by atoms with Gasteiger partial charge in [0.05, 0.1) is 4.88 Å². The summed E-state index contributed by atoms with van der Waals surface area (Å²) in [5, 5.41) is 11.4. The number of carbonyl (C=O) groups is 1. The van der Waals surface area contributed by atoms with Crippen molar-refractivity contribution in [1.82, 2.24) is 5.32 Å². The summed E-state index contributed by atoms with van der Waals surface area (Å²) in [4.78, 5) is 11.9. The Bertz CT molecular complexity index is 600. The Morgan fingerprint density at radius 2 is 2.16 bits per heavy atom. The summed E-state index contributed by atoms with van der Waals surface area (Å²) in [7, 11) is 0. The molecule has 2 aromatic rings. The molecule has 1 atom stereocenters. The SMILES string of the molecule is O=C(NCC(O)C(F)F)c1cc2c(F)cccc2s1. The third kappa shape index (κ3) is 3.05. The maximum absolute atomic E-state index is 13.4. The molecule has 0 aliphatic carbocycles. The number of hydrogen-bond acceptors (Lipinski definition) is 3. The quantitative estimate of drug-likeness (QED) is 0.908. The van der Waals surface area contributed by atoms with Crippen LogP contribution in [-0.2, 0) is 0 Å². The minimum atomic E-state index is -2.92. The van der Waals surface area contributed by atoms with E-state index in [9.17, 15) is 18.0 Å². The molecule has 0 bridgehead atoms. The van der Waals surface area contributed by atoms with Gasteiger partial charge in [-0.15, -0.1) is 11.3 Å². The molecule has 2 rings (SSSR count). The minimum Gasteiger partial charge on any atom is -0.385 e. The lowest BCUT2D eigenvalue weighted by Crippen LogP contribution is -2.35. The van der Waals surface area contributed by atoms with E-state index >= 15 is 0 Å². The van der Waals surface area contributed by atoms with Crippen molar-refractivity contribution in [3.63, 3.8) is 0 Å². The summed E-state index contributed by atoms with van der Waals surface area (Å²) in [5.74, 6) is -1.05. The number of carbonyl (C=O) groups excluding carboxylic acids is 1. The second-order valence-electron chi connectivity index (χ2n) is 3.87. The fourth-order valence-corrected chi connectivity index (χ4v) is 2.50. The molecule has 1 amide bonds. The normalized spacial score (nSPS) is 12.9. The van der Waals surface area contributed by atoms with Gasteiger partial charge in [0, 0.05) is 16.6 Å². The van der Waals surface area contributed by atoms with E-state index in [4.69, 9.17) is 5.11 Å². The number of hydrogen-bond donors (Lipinski definition) is 2. The maximum Gasteiger partial charge on any atom is 0.265 e. The van der Waals surface area contributed by atoms with E-state index in [0.29, 0.717) is 10.1 Å². The molecule has 7 heteroatoms. The molecule has 0 radical (unpaired) electrons. The highest BCUT2D eigenvalue weighted by atomic mass is 32.1. The fraction of sp³-hybridized carbons (Fsp3) is 0.250. The van der Waals surface area contributed by atoms with Crippen LogP contribution < -0.4 is 5.32 Å². The number of fused-ring (bicyclic) bond motifs is 1. The summed E-state index contributed by atoms with van der Waals surface area (Å²) in [6.07, 6.45) is -4.82. The predicted molar refractivity (Wildman–Crippen MR) is 66.1 cm³/mol. The molecule has 1 aromatic heterocycles. The van der Waals surface area contributed by atoms with Gasteiger partial charge in [0.2, 0.25) is 0 Å². The van der Waals surface area contributed by atoms with Gasteiger partial charge in [-0.3, -0.25) is 4.79 Å². The molecular formula is C12H10F3NO2S. The van der Waals surface area contributed by atoms with Crippen LogP contribution in [0.4, 0.5) is 13.2 Å². The van der Waals surface area contributed by atoms with Crippen LogP contribution in [-0.4, -0.2) is 30.1 Å². The first kappa shape index (κ1) is 13.8. The van der Waals surface area contributed by atoms with Crippen molar-refractivity contribution in [3.05, 3.63) is 35.0 Å². The van der Waals surface area contributed by atoms with Crippen molar-refractivity contribution in [2.24, 2.45) is 0 Å². The largest absolute Gasteiger partial charge is 0.385 e. The molecule has 0 saturated heterocycles. The van der Waals surface area contributed by atoms with Crippen molar-refractivity contribution in [2.75, 3.05) is 6.54 Å². The van der Waals surface area contributed by atoms with E-state index in [2.05, 4.69) is 5.32 Å². The Balaban J connectivity index is 2.12. The third-order valence-electron chi connectivity index (χ3n) is 2.49. The van der Waals surface area contributed by atoms with E-state index in [0.717, 1.165) is 11.3 Å². The Morgan fingerprint density at radius 1 is 1.42 bits per heavy atom. The summed E-state index contributed by atoms with van der Waals surface area (Å²) in [5.41, 5.74) is 0. The van der Waals surface area contributed by atoms with Gasteiger partial charge in [-0.05, 0) is 18.2 Å². The number of alkyl halides is 2. The summed E-state index contributed by atoms with van der Waals surface area (Å²) < 4.78 is 38.1. The highest BCUT2D eigenvalue weighted by Crippen LogP contribution is 2.27. The monoisotopic (exact) mass is 289 g/mol. The number of aliphatic hydroxyl groups is 1. The van der Waals surface area contributed by atoms with Crippen molar-refractivity contribution < 1.29 is 23.1 Å². The van der Waals surface area contributed by atoms with Crippen LogP contribution >= 0.6 is 11.3 Å². The molecule has 3 nitrogen and oxygen atoms in total. The van der Waals surface area contributed by atoms with Crippen LogP contribution in [0.1, 0.15) is 9.67 Å². The highest BCUT2D eigenvalue weighted by molar-refractivity contribution is 7.20. The number of halogens is 3. The van der Waals surface area contributed by atoms with Crippen LogP contribution in [0.25, 0.3) is 10.1 Å². The van der Waals surface area contributed by atoms with Crippen LogP contribution in [0.3, 0.4) is 0 Å². The smallest absolute Gasteiger partial charge is 0.265 e. The molecule has 0 saturated carbocycles. The Hall–Kier alpha value is -1.60. The molecule has 0 aliphatic heterocycles. The zero-order valence-corrected chi connectivity index (χ0v) is 10.4. The van der Waals surface area contributed by atoms with Crippen LogP contribution in [0, 0.1) is 5.82 Å². The van der Waals surface area contributed by atoms with Crippen molar-refractivity contribution in [2.45, 2.75) is 12.5 Å². The molecule has 0 spiro atoms. The topological polar surface area (TPSA) is 49.3 Å². The number of rotatable bonds is 4. The number of benzene rings is 1. The molecule has 1 aromatic carbocycles. The average molecular weight is 289 g/mol. The lowest BCUT2D eigenvalue weighted by Gasteiger charge is -2.09. The number of nitrogens with one attached hydrogen (secondary N) is 1. The second-order valence-corrected chi connectivity index (χ2v) is 4.96. The molecule has 1 unspecified atom stereocenters. The van der Waals surface area contributed by atoms with Gasteiger partial charge in [0.1, 0.15) is 11.9 Å². The fourth-order valence-electron chi connectivity index (χ4n) is 1.51. The molecule has 0 fully saturated rings. The van der Waals surface area contributed by atoms with Gasteiger partial charge in [0.25, 0.3) is 12.3 Å².